The van der Waals surface area contributed by atoms with E-state index in [0.29, 0.717) is 32.0 Å². The van der Waals surface area contributed by atoms with Crippen LogP contribution in [0, 0.1) is 6.92 Å². The molecule has 1 unspecified atom stereocenters. The smallest absolute Gasteiger partial charge is 0.361 e. The summed E-state index contributed by atoms with van der Waals surface area (Å²) in [4.78, 5) is 8.91. The molecule has 5 nitrogen and oxygen atoms in total. The number of aliphatic imine (C=N–C) groups is 1. The van der Waals surface area contributed by atoms with E-state index in [4.69, 9.17) is 0 Å². The van der Waals surface area contributed by atoms with E-state index >= 15 is 0 Å². The van der Waals surface area contributed by atoms with Crippen molar-refractivity contribution in [3.63, 3.8) is 0 Å². The minimum atomic E-state index is -4.15. The van der Waals surface area contributed by atoms with Crippen LogP contribution in [0.25, 0.3) is 10.9 Å². The van der Waals surface area contributed by atoms with Gasteiger partial charge in [0.25, 0.3) is 0 Å². The van der Waals surface area contributed by atoms with Gasteiger partial charge in [-0.25, -0.2) is 0 Å². The fourth-order valence-electron chi connectivity index (χ4n) is 3.56. The molecule has 156 valence electrons. The van der Waals surface area contributed by atoms with Crippen LogP contribution in [-0.2, 0) is 6.42 Å². The standard InChI is InChI=1S/C19H26F3N5.HI/c1-13-3-4-16-14(10-25-17(16)9-13)5-7-24-18(23-2)26-15-6-8-27(11-15)12-19(20,21)22;/h3-4,9-10,15,25H,5-8,11-12H2,1-2H3,(H2,23,24,26);1H. The Morgan fingerprint density at radius 2 is 2.14 bits per heavy atom. The lowest BCUT2D eigenvalue weighted by Gasteiger charge is -2.19. The van der Waals surface area contributed by atoms with Gasteiger partial charge in [-0.2, -0.15) is 13.2 Å². The predicted molar refractivity (Wildman–Crippen MR) is 118 cm³/mol. The summed E-state index contributed by atoms with van der Waals surface area (Å²) in [6.07, 6.45) is -0.617. The van der Waals surface area contributed by atoms with Crippen LogP contribution in [0.2, 0.25) is 0 Å². The summed E-state index contributed by atoms with van der Waals surface area (Å²) in [5.41, 5.74) is 3.57. The third-order valence-electron chi connectivity index (χ3n) is 4.85. The first-order valence-corrected chi connectivity index (χ1v) is 9.17. The van der Waals surface area contributed by atoms with Crippen LogP contribution in [0.4, 0.5) is 13.2 Å². The normalized spacial score (nSPS) is 18.3. The fraction of sp³-hybridized carbons (Fsp3) is 0.526. The van der Waals surface area contributed by atoms with Gasteiger partial charge in [0.15, 0.2) is 5.96 Å². The van der Waals surface area contributed by atoms with Gasteiger partial charge in [0, 0.05) is 49.8 Å². The highest BCUT2D eigenvalue weighted by molar-refractivity contribution is 14.0. The van der Waals surface area contributed by atoms with Gasteiger partial charge in [-0.3, -0.25) is 9.89 Å². The van der Waals surface area contributed by atoms with Crippen LogP contribution in [0.3, 0.4) is 0 Å². The molecule has 1 aliphatic rings. The Kier molecular flexibility index (Phi) is 7.99. The second-order valence-electron chi connectivity index (χ2n) is 7.09. The maximum Gasteiger partial charge on any atom is 0.401 e. The van der Waals surface area contributed by atoms with Crippen LogP contribution in [-0.4, -0.2) is 61.3 Å². The first-order chi connectivity index (χ1) is 12.8. The summed E-state index contributed by atoms with van der Waals surface area (Å²) in [6.45, 7) is 2.73. The van der Waals surface area contributed by atoms with E-state index in [9.17, 15) is 13.2 Å². The average Bonchev–Trinajstić information content (AvgIpc) is 3.19. The number of H-pyrrole nitrogens is 1. The van der Waals surface area contributed by atoms with Crippen LogP contribution < -0.4 is 10.6 Å². The number of rotatable bonds is 5. The van der Waals surface area contributed by atoms with Gasteiger partial charge in [0.2, 0.25) is 0 Å². The van der Waals surface area contributed by atoms with Gasteiger partial charge in [0.1, 0.15) is 0 Å². The zero-order valence-corrected chi connectivity index (χ0v) is 18.4. The number of aryl methyl sites for hydroxylation is 1. The van der Waals surface area contributed by atoms with Gasteiger partial charge in [-0.15, -0.1) is 24.0 Å². The largest absolute Gasteiger partial charge is 0.401 e. The zero-order chi connectivity index (χ0) is 19.4. The van der Waals surface area contributed by atoms with Crippen LogP contribution in [0.15, 0.2) is 29.4 Å². The van der Waals surface area contributed by atoms with Crippen molar-refractivity contribution in [1.82, 2.24) is 20.5 Å². The lowest BCUT2D eigenvalue weighted by molar-refractivity contribution is -0.143. The van der Waals surface area contributed by atoms with Crippen LogP contribution in [0.5, 0.6) is 0 Å². The SMILES string of the molecule is CN=C(NCCc1c[nH]c2cc(C)ccc12)NC1CCN(CC(F)(F)F)C1.I. The number of hydrogen-bond acceptors (Lipinski definition) is 2. The molecular weight excluding hydrogens is 482 g/mol. The highest BCUT2D eigenvalue weighted by Gasteiger charge is 2.34. The van der Waals surface area contributed by atoms with Crippen molar-refractivity contribution in [2.45, 2.75) is 32.0 Å². The minimum Gasteiger partial charge on any atom is -0.361 e. The Hall–Kier alpha value is -1.49. The van der Waals surface area contributed by atoms with Gasteiger partial charge < -0.3 is 15.6 Å². The Bertz CT molecular complexity index is 802. The van der Waals surface area contributed by atoms with Crippen LogP contribution >= 0.6 is 24.0 Å². The zero-order valence-electron chi connectivity index (χ0n) is 16.1. The summed E-state index contributed by atoms with van der Waals surface area (Å²) in [6, 6.07) is 6.33. The third-order valence-corrected chi connectivity index (χ3v) is 4.85. The monoisotopic (exact) mass is 509 g/mol. The van der Waals surface area contributed by atoms with E-state index in [-0.39, 0.29) is 30.0 Å². The summed E-state index contributed by atoms with van der Waals surface area (Å²) in [7, 11) is 1.67. The topological polar surface area (TPSA) is 55.5 Å². The van der Waals surface area contributed by atoms with Gasteiger partial charge in [0.05, 0.1) is 6.54 Å². The first-order valence-electron chi connectivity index (χ1n) is 9.17. The van der Waals surface area contributed by atoms with Crippen molar-refractivity contribution in [3.8, 4) is 0 Å². The molecule has 28 heavy (non-hydrogen) atoms. The number of alkyl halides is 3. The number of likely N-dealkylation sites (tertiary alicyclic amines) is 1. The Labute approximate surface area is 180 Å². The second-order valence-corrected chi connectivity index (χ2v) is 7.09. The van der Waals surface area contributed by atoms with E-state index in [1.165, 1.54) is 21.4 Å². The maximum absolute atomic E-state index is 12.5. The molecule has 0 radical (unpaired) electrons. The van der Waals surface area contributed by atoms with Gasteiger partial charge in [-0.05, 0) is 37.0 Å². The molecule has 3 rings (SSSR count). The lowest BCUT2D eigenvalue weighted by atomic mass is 10.1. The van der Waals surface area contributed by atoms with Crippen molar-refractivity contribution in [3.05, 3.63) is 35.5 Å². The summed E-state index contributed by atoms with van der Waals surface area (Å²) in [5, 5.41) is 7.70. The second kappa shape index (κ2) is 9.82. The molecule has 1 aromatic carbocycles. The Morgan fingerprint density at radius 3 is 2.86 bits per heavy atom. The molecule has 1 saturated heterocycles. The number of benzene rings is 1. The molecule has 0 spiro atoms. The summed E-state index contributed by atoms with van der Waals surface area (Å²) < 4.78 is 37.5. The number of nitrogens with one attached hydrogen (secondary N) is 3. The van der Waals surface area contributed by atoms with Crippen molar-refractivity contribution in [2.75, 3.05) is 33.2 Å². The molecule has 1 aromatic heterocycles. The molecule has 0 bridgehead atoms. The fourth-order valence-corrected chi connectivity index (χ4v) is 3.56. The molecule has 9 heteroatoms. The average molecular weight is 509 g/mol. The lowest BCUT2D eigenvalue weighted by Crippen LogP contribution is -2.45. The van der Waals surface area contributed by atoms with Gasteiger partial charge in [-0.1, -0.05) is 12.1 Å². The molecule has 0 amide bonds. The molecule has 1 aliphatic heterocycles. The molecule has 2 aromatic rings. The van der Waals surface area contributed by atoms with E-state index < -0.39 is 12.7 Å². The number of hydrogen-bond donors (Lipinski definition) is 3. The number of guanidine groups is 1. The van der Waals surface area contributed by atoms with Crippen molar-refractivity contribution in [1.29, 1.82) is 0 Å². The van der Waals surface area contributed by atoms with Crippen molar-refractivity contribution >= 4 is 40.8 Å². The molecule has 3 N–H and O–H groups in total. The molecule has 1 fully saturated rings. The maximum atomic E-state index is 12.5. The quantitative estimate of drug-likeness (QED) is 0.329. The first kappa shape index (κ1) is 22.8. The third kappa shape index (κ3) is 6.26. The number of fused-ring (bicyclic) bond motifs is 1. The van der Waals surface area contributed by atoms with E-state index in [1.807, 2.05) is 6.20 Å². The highest BCUT2D eigenvalue weighted by atomic mass is 127. The summed E-state index contributed by atoms with van der Waals surface area (Å²) >= 11 is 0. The molecule has 0 aliphatic carbocycles. The Morgan fingerprint density at radius 1 is 1.36 bits per heavy atom. The van der Waals surface area contributed by atoms with Crippen LogP contribution in [0.1, 0.15) is 17.5 Å². The summed E-state index contributed by atoms with van der Waals surface area (Å²) in [5.74, 6) is 0.629. The number of nitrogens with zero attached hydrogens (tertiary/aromatic N) is 2. The van der Waals surface area contributed by atoms with E-state index in [2.05, 4.69) is 45.7 Å². The number of aromatic nitrogens is 1. The van der Waals surface area contributed by atoms with Crippen molar-refractivity contribution < 1.29 is 13.2 Å². The van der Waals surface area contributed by atoms with E-state index in [1.54, 1.807) is 7.05 Å². The molecular formula is C19H27F3IN5. The predicted octanol–water partition coefficient (Wildman–Crippen LogP) is 3.44. The number of aromatic amines is 1. The molecule has 1 atom stereocenters. The van der Waals surface area contributed by atoms with Crippen molar-refractivity contribution in [2.24, 2.45) is 4.99 Å². The Balaban J connectivity index is 0.00000280. The number of halogens is 4. The van der Waals surface area contributed by atoms with E-state index in [0.717, 1.165) is 11.9 Å². The highest BCUT2D eigenvalue weighted by Crippen LogP contribution is 2.20. The minimum absolute atomic E-state index is 0. The van der Waals surface area contributed by atoms with Gasteiger partial charge >= 0.3 is 6.18 Å². The molecule has 0 saturated carbocycles. The molecule has 2 heterocycles.